The summed E-state index contributed by atoms with van der Waals surface area (Å²) in [5, 5.41) is 17.7. The second-order valence-corrected chi connectivity index (χ2v) is 4.57. The SMILES string of the molecule is CCCCC(C)(CCO)CCCCO. The van der Waals surface area contributed by atoms with E-state index in [9.17, 15) is 0 Å². The summed E-state index contributed by atoms with van der Waals surface area (Å²) in [6.45, 7) is 5.05. The Bertz CT molecular complexity index is 125. The lowest BCUT2D eigenvalue weighted by atomic mass is 9.78. The Kier molecular flexibility index (Phi) is 8.20. The summed E-state index contributed by atoms with van der Waals surface area (Å²) in [7, 11) is 0. The van der Waals surface area contributed by atoms with Gasteiger partial charge in [0, 0.05) is 13.2 Å². The fourth-order valence-corrected chi connectivity index (χ4v) is 1.91. The average Bonchev–Trinajstić information content (AvgIpc) is 2.16. The lowest BCUT2D eigenvalue weighted by Gasteiger charge is -2.29. The van der Waals surface area contributed by atoms with E-state index in [-0.39, 0.29) is 0 Å². The Hall–Kier alpha value is -0.0800. The maximum absolute atomic E-state index is 9.01. The Morgan fingerprint density at radius 3 is 2.00 bits per heavy atom. The first-order chi connectivity index (χ1) is 6.68. The molecule has 0 aromatic heterocycles. The van der Waals surface area contributed by atoms with Crippen LogP contribution in [-0.4, -0.2) is 23.4 Å². The van der Waals surface area contributed by atoms with Crippen LogP contribution in [0.4, 0.5) is 0 Å². The molecular formula is C12H26O2. The standard InChI is InChI=1S/C12H26O2/c1-3-4-7-12(2,9-11-14)8-5-6-10-13/h13-14H,3-11H2,1-2H3. The van der Waals surface area contributed by atoms with Gasteiger partial charge in [-0.2, -0.15) is 0 Å². The Labute approximate surface area is 88.3 Å². The number of unbranched alkanes of at least 4 members (excludes halogenated alkanes) is 2. The number of aliphatic hydroxyl groups excluding tert-OH is 2. The van der Waals surface area contributed by atoms with Gasteiger partial charge in [0.25, 0.3) is 0 Å². The van der Waals surface area contributed by atoms with Crippen molar-refractivity contribution in [3.8, 4) is 0 Å². The summed E-state index contributed by atoms with van der Waals surface area (Å²) in [5.74, 6) is 0. The van der Waals surface area contributed by atoms with Gasteiger partial charge < -0.3 is 10.2 Å². The fraction of sp³-hybridized carbons (Fsp3) is 1.00. The topological polar surface area (TPSA) is 40.5 Å². The molecule has 0 aliphatic carbocycles. The molecule has 0 spiro atoms. The van der Waals surface area contributed by atoms with Crippen molar-refractivity contribution in [1.29, 1.82) is 0 Å². The quantitative estimate of drug-likeness (QED) is 0.564. The van der Waals surface area contributed by atoms with E-state index >= 15 is 0 Å². The minimum atomic E-state index is 0.291. The second kappa shape index (κ2) is 8.25. The minimum absolute atomic E-state index is 0.291. The molecule has 0 radical (unpaired) electrons. The highest BCUT2D eigenvalue weighted by Crippen LogP contribution is 2.33. The summed E-state index contributed by atoms with van der Waals surface area (Å²) in [6.07, 6.45) is 7.68. The van der Waals surface area contributed by atoms with E-state index < -0.39 is 0 Å². The molecule has 0 saturated heterocycles. The van der Waals surface area contributed by atoms with E-state index in [0.717, 1.165) is 25.7 Å². The van der Waals surface area contributed by atoms with E-state index in [0.29, 0.717) is 18.6 Å². The first-order valence-electron chi connectivity index (χ1n) is 5.90. The van der Waals surface area contributed by atoms with Crippen molar-refractivity contribution in [2.75, 3.05) is 13.2 Å². The highest BCUT2D eigenvalue weighted by Gasteiger charge is 2.22. The van der Waals surface area contributed by atoms with Crippen molar-refractivity contribution < 1.29 is 10.2 Å². The molecule has 2 nitrogen and oxygen atoms in total. The molecule has 0 aliphatic rings. The lowest BCUT2D eigenvalue weighted by molar-refractivity contribution is 0.163. The predicted molar refractivity (Wildman–Crippen MR) is 60.3 cm³/mol. The van der Waals surface area contributed by atoms with Gasteiger partial charge in [-0.25, -0.2) is 0 Å². The molecule has 2 heteroatoms. The molecule has 0 aliphatic heterocycles. The predicted octanol–water partition coefficient (Wildman–Crippen LogP) is 2.73. The maximum atomic E-state index is 9.01. The van der Waals surface area contributed by atoms with Gasteiger partial charge in [0.05, 0.1) is 0 Å². The number of hydrogen-bond acceptors (Lipinski definition) is 2. The molecule has 0 aromatic rings. The van der Waals surface area contributed by atoms with Crippen molar-refractivity contribution in [3.63, 3.8) is 0 Å². The van der Waals surface area contributed by atoms with Crippen LogP contribution in [0.15, 0.2) is 0 Å². The van der Waals surface area contributed by atoms with E-state index in [1.165, 1.54) is 19.3 Å². The van der Waals surface area contributed by atoms with Crippen molar-refractivity contribution >= 4 is 0 Å². The molecule has 0 heterocycles. The molecule has 0 bridgehead atoms. The van der Waals surface area contributed by atoms with Crippen LogP contribution in [0.3, 0.4) is 0 Å². The zero-order valence-electron chi connectivity index (χ0n) is 9.76. The molecule has 14 heavy (non-hydrogen) atoms. The third kappa shape index (κ3) is 6.39. The van der Waals surface area contributed by atoms with Gasteiger partial charge >= 0.3 is 0 Å². The summed E-state index contributed by atoms with van der Waals surface area (Å²) in [4.78, 5) is 0. The lowest BCUT2D eigenvalue weighted by Crippen LogP contribution is -2.18. The zero-order chi connectivity index (χ0) is 10.9. The highest BCUT2D eigenvalue weighted by atomic mass is 16.3. The van der Waals surface area contributed by atoms with Gasteiger partial charge in [-0.3, -0.25) is 0 Å². The van der Waals surface area contributed by atoms with E-state index in [4.69, 9.17) is 10.2 Å². The number of hydrogen-bond donors (Lipinski definition) is 2. The van der Waals surface area contributed by atoms with Gasteiger partial charge in [0.1, 0.15) is 0 Å². The number of rotatable bonds is 9. The molecule has 2 N–H and O–H groups in total. The minimum Gasteiger partial charge on any atom is -0.396 e. The monoisotopic (exact) mass is 202 g/mol. The third-order valence-corrected chi connectivity index (χ3v) is 3.04. The van der Waals surface area contributed by atoms with Crippen molar-refractivity contribution in [2.45, 2.75) is 58.8 Å². The summed E-state index contributed by atoms with van der Waals surface area (Å²) in [6, 6.07) is 0. The Morgan fingerprint density at radius 1 is 0.857 bits per heavy atom. The van der Waals surface area contributed by atoms with Gasteiger partial charge in [0.15, 0.2) is 0 Å². The highest BCUT2D eigenvalue weighted by molar-refractivity contribution is 4.73. The second-order valence-electron chi connectivity index (χ2n) is 4.57. The molecule has 86 valence electrons. The van der Waals surface area contributed by atoms with Crippen LogP contribution in [0, 0.1) is 5.41 Å². The normalized spacial score (nSPS) is 15.4. The Morgan fingerprint density at radius 2 is 1.50 bits per heavy atom. The van der Waals surface area contributed by atoms with Crippen LogP contribution in [0.5, 0.6) is 0 Å². The molecular weight excluding hydrogens is 176 g/mol. The van der Waals surface area contributed by atoms with Crippen LogP contribution in [-0.2, 0) is 0 Å². The third-order valence-electron chi connectivity index (χ3n) is 3.04. The molecule has 0 amide bonds. The largest absolute Gasteiger partial charge is 0.396 e. The van der Waals surface area contributed by atoms with E-state index in [2.05, 4.69) is 13.8 Å². The first-order valence-corrected chi connectivity index (χ1v) is 5.90. The van der Waals surface area contributed by atoms with Crippen LogP contribution < -0.4 is 0 Å². The summed E-state index contributed by atoms with van der Waals surface area (Å²) >= 11 is 0. The molecule has 1 atom stereocenters. The fourth-order valence-electron chi connectivity index (χ4n) is 1.91. The summed E-state index contributed by atoms with van der Waals surface area (Å²) < 4.78 is 0. The van der Waals surface area contributed by atoms with Crippen LogP contribution in [0.1, 0.15) is 58.8 Å². The smallest absolute Gasteiger partial charge is 0.0436 e. The average molecular weight is 202 g/mol. The van der Waals surface area contributed by atoms with Crippen molar-refractivity contribution in [3.05, 3.63) is 0 Å². The van der Waals surface area contributed by atoms with Crippen LogP contribution in [0.25, 0.3) is 0 Å². The molecule has 1 unspecified atom stereocenters. The zero-order valence-corrected chi connectivity index (χ0v) is 9.76. The van der Waals surface area contributed by atoms with Gasteiger partial charge in [0.2, 0.25) is 0 Å². The van der Waals surface area contributed by atoms with Crippen molar-refractivity contribution in [1.82, 2.24) is 0 Å². The van der Waals surface area contributed by atoms with Crippen LogP contribution >= 0.6 is 0 Å². The van der Waals surface area contributed by atoms with Gasteiger partial charge in [-0.1, -0.05) is 33.1 Å². The maximum Gasteiger partial charge on any atom is 0.0436 e. The molecule has 0 aromatic carbocycles. The van der Waals surface area contributed by atoms with Crippen molar-refractivity contribution in [2.24, 2.45) is 5.41 Å². The molecule has 0 fully saturated rings. The molecule has 0 saturated carbocycles. The molecule has 0 rings (SSSR count). The van der Waals surface area contributed by atoms with Gasteiger partial charge in [-0.15, -0.1) is 0 Å². The van der Waals surface area contributed by atoms with Gasteiger partial charge in [-0.05, 0) is 31.1 Å². The van der Waals surface area contributed by atoms with E-state index in [1.807, 2.05) is 0 Å². The van der Waals surface area contributed by atoms with E-state index in [1.54, 1.807) is 0 Å². The van der Waals surface area contributed by atoms with Crippen LogP contribution in [0.2, 0.25) is 0 Å². The summed E-state index contributed by atoms with van der Waals surface area (Å²) in [5.41, 5.74) is 0.292. The first kappa shape index (κ1) is 13.9. The Balaban J connectivity index is 3.82. The number of aliphatic hydroxyl groups is 2.